The molecule has 164 valence electrons. The van der Waals surface area contributed by atoms with Crippen molar-refractivity contribution in [2.45, 2.75) is 63.6 Å². The predicted molar refractivity (Wildman–Crippen MR) is 104 cm³/mol. The van der Waals surface area contributed by atoms with E-state index < -0.39 is 11.9 Å². The highest BCUT2D eigenvalue weighted by Crippen LogP contribution is 2.34. The molecule has 1 amide bonds. The average molecular weight is 424 g/mol. The molecule has 1 aliphatic carbocycles. The Morgan fingerprint density at radius 3 is 2.57 bits per heavy atom. The zero-order valence-electron chi connectivity index (χ0n) is 17.3. The fourth-order valence-electron chi connectivity index (χ4n) is 4.74. The van der Waals surface area contributed by atoms with E-state index in [2.05, 4.69) is 10.1 Å². The van der Waals surface area contributed by atoms with Gasteiger partial charge in [-0.25, -0.2) is 9.50 Å². The minimum absolute atomic E-state index is 0.0115. The number of piperidine rings is 1. The molecule has 0 N–H and O–H groups in total. The topological polar surface area (TPSA) is 59.7 Å². The maximum atomic E-state index is 13.4. The maximum absolute atomic E-state index is 13.4. The third kappa shape index (κ3) is 4.17. The van der Waals surface area contributed by atoms with Crippen molar-refractivity contribution in [1.82, 2.24) is 19.5 Å². The summed E-state index contributed by atoms with van der Waals surface area (Å²) in [4.78, 5) is 19.1. The van der Waals surface area contributed by atoms with Gasteiger partial charge in [-0.2, -0.15) is 18.3 Å². The zero-order chi connectivity index (χ0) is 21.5. The Morgan fingerprint density at radius 1 is 1.17 bits per heavy atom. The molecule has 0 aromatic carbocycles. The lowest BCUT2D eigenvalue weighted by Crippen LogP contribution is -2.43. The third-order valence-electron chi connectivity index (χ3n) is 6.37. The number of methoxy groups -OCH3 is 1. The molecule has 9 heteroatoms. The van der Waals surface area contributed by atoms with Gasteiger partial charge in [-0.3, -0.25) is 4.79 Å². The quantitative estimate of drug-likeness (QED) is 0.748. The fourth-order valence-corrected chi connectivity index (χ4v) is 4.74. The summed E-state index contributed by atoms with van der Waals surface area (Å²) >= 11 is 0. The molecule has 1 atom stereocenters. The maximum Gasteiger partial charge on any atom is 0.433 e. The van der Waals surface area contributed by atoms with Crippen molar-refractivity contribution in [1.29, 1.82) is 0 Å². The van der Waals surface area contributed by atoms with Crippen molar-refractivity contribution in [2.24, 2.45) is 5.92 Å². The number of ether oxygens (including phenoxy) is 1. The van der Waals surface area contributed by atoms with Gasteiger partial charge in [-0.15, -0.1) is 0 Å². The van der Waals surface area contributed by atoms with E-state index in [4.69, 9.17) is 4.74 Å². The Bertz CT molecular complexity index is 919. The number of alkyl halides is 3. The van der Waals surface area contributed by atoms with E-state index >= 15 is 0 Å². The Kier molecular flexibility index (Phi) is 5.74. The SMILES string of the molecule is COC1CCC(C(=O)N2CCC[C@H](c3cc4nc(C)cc(C(F)(F)F)n4n3)C2)CC1. The van der Waals surface area contributed by atoms with Crippen molar-refractivity contribution in [2.75, 3.05) is 20.2 Å². The van der Waals surface area contributed by atoms with Crippen LogP contribution in [0.15, 0.2) is 12.1 Å². The Morgan fingerprint density at radius 2 is 1.90 bits per heavy atom. The summed E-state index contributed by atoms with van der Waals surface area (Å²) in [6.07, 6.45) is 0.769. The van der Waals surface area contributed by atoms with E-state index in [1.54, 1.807) is 20.1 Å². The first-order chi connectivity index (χ1) is 14.3. The zero-order valence-corrected chi connectivity index (χ0v) is 17.3. The molecular weight excluding hydrogens is 397 g/mol. The lowest BCUT2D eigenvalue weighted by Gasteiger charge is -2.36. The largest absolute Gasteiger partial charge is 0.433 e. The van der Waals surface area contributed by atoms with Crippen LogP contribution in [0.3, 0.4) is 0 Å². The third-order valence-corrected chi connectivity index (χ3v) is 6.37. The highest BCUT2D eigenvalue weighted by atomic mass is 19.4. The van der Waals surface area contributed by atoms with Crippen LogP contribution in [0.25, 0.3) is 5.65 Å². The van der Waals surface area contributed by atoms with E-state index in [1.165, 1.54) is 0 Å². The highest BCUT2D eigenvalue weighted by molar-refractivity contribution is 5.79. The summed E-state index contributed by atoms with van der Waals surface area (Å²) in [5.74, 6) is 0.0847. The van der Waals surface area contributed by atoms with E-state index in [0.717, 1.165) is 49.1 Å². The van der Waals surface area contributed by atoms with Crippen LogP contribution in [-0.2, 0) is 15.7 Å². The second-order valence-electron chi connectivity index (χ2n) is 8.45. The molecule has 3 heterocycles. The minimum atomic E-state index is -4.51. The molecule has 6 nitrogen and oxygen atoms in total. The number of nitrogens with zero attached hydrogens (tertiary/aromatic N) is 4. The molecule has 1 aliphatic heterocycles. The molecule has 0 radical (unpaired) electrons. The number of carbonyl (C=O) groups excluding carboxylic acids is 1. The van der Waals surface area contributed by atoms with Gasteiger partial charge in [0.1, 0.15) is 5.69 Å². The van der Waals surface area contributed by atoms with Gasteiger partial charge in [0.25, 0.3) is 0 Å². The Labute approximate surface area is 173 Å². The van der Waals surface area contributed by atoms with Gasteiger partial charge in [0, 0.05) is 43.8 Å². The standard InChI is InChI=1S/C21H27F3N4O2/c1-13-10-18(21(22,23)24)28-19(25-13)11-17(26-28)15-4-3-9-27(12-15)20(29)14-5-7-16(30-2)8-6-14/h10-11,14-16H,3-9,12H2,1-2H3/t14?,15-,16?/m0/s1. The number of halogens is 3. The van der Waals surface area contributed by atoms with Gasteiger partial charge >= 0.3 is 6.18 Å². The van der Waals surface area contributed by atoms with Crippen molar-refractivity contribution >= 4 is 11.6 Å². The van der Waals surface area contributed by atoms with Crippen LogP contribution in [0.1, 0.15) is 61.5 Å². The molecule has 2 fully saturated rings. The molecule has 30 heavy (non-hydrogen) atoms. The van der Waals surface area contributed by atoms with Gasteiger partial charge in [0.2, 0.25) is 5.91 Å². The highest BCUT2D eigenvalue weighted by Gasteiger charge is 2.36. The molecule has 1 saturated carbocycles. The predicted octanol–water partition coefficient (Wildman–Crippen LogP) is 3.97. The van der Waals surface area contributed by atoms with Gasteiger partial charge in [-0.05, 0) is 51.5 Å². The molecule has 2 aliphatic rings. The number of hydrogen-bond donors (Lipinski definition) is 0. The first-order valence-electron chi connectivity index (χ1n) is 10.5. The average Bonchev–Trinajstić information content (AvgIpc) is 3.16. The molecule has 0 spiro atoms. The lowest BCUT2D eigenvalue weighted by molar-refractivity contribution is -0.142. The van der Waals surface area contributed by atoms with Crippen molar-refractivity contribution in [3.05, 3.63) is 29.2 Å². The first-order valence-corrected chi connectivity index (χ1v) is 10.5. The molecule has 1 saturated heterocycles. The number of rotatable bonds is 3. The van der Waals surface area contributed by atoms with Crippen LogP contribution in [0.2, 0.25) is 0 Å². The number of aryl methyl sites for hydroxylation is 1. The molecule has 2 aromatic rings. The van der Waals surface area contributed by atoms with E-state index in [0.29, 0.717) is 24.5 Å². The van der Waals surface area contributed by atoms with E-state index in [1.807, 2.05) is 4.90 Å². The summed E-state index contributed by atoms with van der Waals surface area (Å²) in [5, 5.41) is 4.25. The van der Waals surface area contributed by atoms with Gasteiger partial charge < -0.3 is 9.64 Å². The van der Waals surface area contributed by atoms with Crippen LogP contribution in [-0.4, -0.2) is 51.7 Å². The molecule has 4 rings (SSSR count). The monoisotopic (exact) mass is 424 g/mol. The summed E-state index contributed by atoms with van der Waals surface area (Å²) in [7, 11) is 1.71. The van der Waals surface area contributed by atoms with Gasteiger partial charge in [-0.1, -0.05) is 0 Å². The number of carbonyl (C=O) groups is 1. The molecule has 0 unspecified atom stereocenters. The number of fused-ring (bicyclic) bond motifs is 1. The van der Waals surface area contributed by atoms with Crippen LogP contribution in [0.5, 0.6) is 0 Å². The van der Waals surface area contributed by atoms with E-state index in [9.17, 15) is 18.0 Å². The summed E-state index contributed by atoms with van der Waals surface area (Å²) < 4.78 is 46.6. The molecule has 2 aromatic heterocycles. The summed E-state index contributed by atoms with van der Waals surface area (Å²) in [5.41, 5.74) is 0.237. The second kappa shape index (κ2) is 8.17. The number of amides is 1. The smallest absolute Gasteiger partial charge is 0.381 e. The number of likely N-dealkylation sites (tertiary alicyclic amines) is 1. The van der Waals surface area contributed by atoms with Crippen LogP contribution >= 0.6 is 0 Å². The second-order valence-corrected chi connectivity index (χ2v) is 8.45. The number of aromatic nitrogens is 3. The minimum Gasteiger partial charge on any atom is -0.381 e. The summed E-state index contributed by atoms with van der Waals surface area (Å²) in [6.45, 7) is 2.73. The van der Waals surface area contributed by atoms with Crippen molar-refractivity contribution in [3.8, 4) is 0 Å². The lowest BCUT2D eigenvalue weighted by atomic mass is 9.85. The van der Waals surface area contributed by atoms with Gasteiger partial charge in [0.05, 0.1) is 11.8 Å². The Balaban J connectivity index is 1.52. The van der Waals surface area contributed by atoms with Crippen molar-refractivity contribution in [3.63, 3.8) is 0 Å². The van der Waals surface area contributed by atoms with Crippen molar-refractivity contribution < 1.29 is 22.7 Å². The number of hydrogen-bond acceptors (Lipinski definition) is 4. The van der Waals surface area contributed by atoms with Gasteiger partial charge in [0.15, 0.2) is 5.65 Å². The van der Waals surface area contributed by atoms with Crippen LogP contribution in [0.4, 0.5) is 13.2 Å². The molecule has 0 bridgehead atoms. The van der Waals surface area contributed by atoms with Crippen LogP contribution in [0, 0.1) is 12.8 Å². The Hall–Kier alpha value is -2.16. The molecular formula is C21H27F3N4O2. The van der Waals surface area contributed by atoms with E-state index in [-0.39, 0.29) is 29.5 Å². The van der Waals surface area contributed by atoms with Crippen LogP contribution < -0.4 is 0 Å². The first kappa shape index (κ1) is 21.1. The normalized spacial score (nSPS) is 25.6. The summed E-state index contributed by atoms with van der Waals surface area (Å²) in [6, 6.07) is 2.64. The fraction of sp³-hybridized carbons (Fsp3) is 0.667.